The summed E-state index contributed by atoms with van der Waals surface area (Å²) in [6, 6.07) is 5.00. The van der Waals surface area contributed by atoms with Crippen molar-refractivity contribution in [2.75, 3.05) is 6.54 Å². The number of aromatic nitrogens is 4. The first-order valence-electron chi connectivity index (χ1n) is 6.78. The molecule has 0 unspecified atom stereocenters. The van der Waals surface area contributed by atoms with Crippen LogP contribution in [0.15, 0.2) is 45.6 Å². The zero-order valence-electron chi connectivity index (χ0n) is 13.1. The number of halogens is 6. The minimum atomic E-state index is -5.08. The van der Waals surface area contributed by atoms with Crippen molar-refractivity contribution >= 4 is 21.9 Å². The predicted octanol–water partition coefficient (Wildman–Crippen LogP) is 1.93. The number of carboxylic acids is 1. The van der Waals surface area contributed by atoms with Crippen LogP contribution in [0.1, 0.15) is 0 Å². The Morgan fingerprint density at radius 2 is 1.89 bits per heavy atom. The van der Waals surface area contributed by atoms with E-state index in [0.717, 1.165) is 9.25 Å². The smallest absolute Gasteiger partial charge is 0.475 e. The van der Waals surface area contributed by atoms with Gasteiger partial charge in [-0.05, 0) is 28.1 Å². The van der Waals surface area contributed by atoms with Gasteiger partial charge in [0, 0.05) is 12.1 Å². The van der Waals surface area contributed by atoms with E-state index in [1.807, 2.05) is 0 Å². The van der Waals surface area contributed by atoms with Crippen LogP contribution in [0.25, 0.3) is 5.82 Å². The number of hydrogen-bond acceptors (Lipinski definition) is 5. The van der Waals surface area contributed by atoms with E-state index in [0.29, 0.717) is 10.4 Å². The van der Waals surface area contributed by atoms with Crippen molar-refractivity contribution in [3.63, 3.8) is 0 Å². The number of carbonyl (C=O) groups is 1. The average molecular weight is 460 g/mol. The third-order valence-electron chi connectivity index (χ3n) is 2.78. The standard InChI is InChI=1S/C11H10BrF2N5O.C2HF3O2/c12-8-2-1-3-9(17-8)18-6-16-19(11(18)20)5-7(4-15)10(13)14;3-2(4,5)1(6)7/h1-3,6H,4-5,15H2;(H,6,7). The summed E-state index contributed by atoms with van der Waals surface area (Å²) in [6.45, 7) is -0.685. The Bertz CT molecular complexity index is 889. The van der Waals surface area contributed by atoms with E-state index in [-0.39, 0.29) is 18.7 Å². The fourth-order valence-electron chi connectivity index (χ4n) is 1.52. The van der Waals surface area contributed by atoms with Gasteiger partial charge in [-0.15, -0.1) is 0 Å². The number of nitrogens with zero attached hydrogens (tertiary/aromatic N) is 4. The third-order valence-corrected chi connectivity index (χ3v) is 3.22. The van der Waals surface area contributed by atoms with Crippen molar-refractivity contribution < 1.29 is 31.9 Å². The molecule has 0 aliphatic heterocycles. The van der Waals surface area contributed by atoms with Crippen LogP contribution in [0.3, 0.4) is 0 Å². The van der Waals surface area contributed by atoms with E-state index in [9.17, 15) is 26.7 Å². The summed E-state index contributed by atoms with van der Waals surface area (Å²) in [7, 11) is 0. The second-order valence-corrected chi connectivity index (χ2v) is 5.44. The number of hydrogen-bond donors (Lipinski definition) is 2. The predicted molar refractivity (Wildman–Crippen MR) is 85.3 cm³/mol. The monoisotopic (exact) mass is 459 g/mol. The molecular weight excluding hydrogens is 449 g/mol. The van der Waals surface area contributed by atoms with Gasteiger partial charge in [0.1, 0.15) is 16.7 Å². The van der Waals surface area contributed by atoms with E-state index in [1.165, 1.54) is 6.33 Å². The van der Waals surface area contributed by atoms with Gasteiger partial charge in [0.2, 0.25) is 0 Å². The van der Waals surface area contributed by atoms with Crippen LogP contribution in [0.4, 0.5) is 22.0 Å². The maximum Gasteiger partial charge on any atom is 0.490 e. The second kappa shape index (κ2) is 9.36. The van der Waals surface area contributed by atoms with Gasteiger partial charge in [-0.25, -0.2) is 23.8 Å². The number of nitrogens with two attached hydrogens (primary N) is 1. The molecule has 0 fully saturated rings. The topological polar surface area (TPSA) is 116 Å². The lowest BCUT2D eigenvalue weighted by atomic mass is 10.3. The Morgan fingerprint density at radius 1 is 1.30 bits per heavy atom. The Morgan fingerprint density at radius 3 is 2.33 bits per heavy atom. The number of rotatable bonds is 4. The summed E-state index contributed by atoms with van der Waals surface area (Å²) in [5.41, 5.74) is 4.30. The Kier molecular flexibility index (Phi) is 7.78. The molecular formula is C13H11BrF5N5O3. The second-order valence-electron chi connectivity index (χ2n) is 4.63. The highest BCUT2D eigenvalue weighted by Gasteiger charge is 2.38. The maximum atomic E-state index is 12.5. The van der Waals surface area contributed by atoms with Gasteiger partial charge < -0.3 is 10.8 Å². The fraction of sp³-hybridized carbons (Fsp3) is 0.231. The molecule has 14 heteroatoms. The van der Waals surface area contributed by atoms with E-state index in [1.54, 1.807) is 18.2 Å². The number of alkyl halides is 3. The molecule has 27 heavy (non-hydrogen) atoms. The minimum Gasteiger partial charge on any atom is -0.475 e. The molecule has 2 aromatic rings. The van der Waals surface area contributed by atoms with Crippen molar-refractivity contribution in [2.24, 2.45) is 5.73 Å². The molecule has 0 saturated carbocycles. The largest absolute Gasteiger partial charge is 0.490 e. The van der Waals surface area contributed by atoms with E-state index in [2.05, 4.69) is 26.0 Å². The van der Waals surface area contributed by atoms with Crippen molar-refractivity contribution in [1.82, 2.24) is 19.3 Å². The molecule has 0 aromatic carbocycles. The highest BCUT2D eigenvalue weighted by molar-refractivity contribution is 9.10. The highest BCUT2D eigenvalue weighted by atomic mass is 79.9. The van der Waals surface area contributed by atoms with E-state index in [4.69, 9.17) is 15.6 Å². The Labute approximate surface area is 155 Å². The number of aliphatic carboxylic acids is 1. The summed E-state index contributed by atoms with van der Waals surface area (Å²) in [6.07, 6.45) is -5.75. The lowest BCUT2D eigenvalue weighted by Gasteiger charge is -2.02. The lowest BCUT2D eigenvalue weighted by Crippen LogP contribution is -2.26. The molecule has 2 aromatic heterocycles. The van der Waals surface area contributed by atoms with Crippen molar-refractivity contribution in [2.45, 2.75) is 12.7 Å². The van der Waals surface area contributed by atoms with Gasteiger partial charge in [0.15, 0.2) is 0 Å². The van der Waals surface area contributed by atoms with Crippen LogP contribution in [0.2, 0.25) is 0 Å². The summed E-state index contributed by atoms with van der Waals surface area (Å²) in [5, 5.41) is 10.9. The first kappa shape index (κ1) is 22.4. The van der Waals surface area contributed by atoms with Gasteiger partial charge in [-0.3, -0.25) is 0 Å². The fourth-order valence-corrected chi connectivity index (χ4v) is 1.85. The lowest BCUT2D eigenvalue weighted by molar-refractivity contribution is -0.192. The quantitative estimate of drug-likeness (QED) is 0.533. The first-order chi connectivity index (χ1) is 12.5. The molecule has 2 heterocycles. The van der Waals surface area contributed by atoms with Crippen LogP contribution in [-0.4, -0.2) is 43.1 Å². The van der Waals surface area contributed by atoms with Crippen molar-refractivity contribution in [3.8, 4) is 5.82 Å². The summed E-state index contributed by atoms with van der Waals surface area (Å²) >= 11 is 3.18. The molecule has 148 valence electrons. The average Bonchev–Trinajstić information content (AvgIpc) is 2.92. The molecule has 0 amide bonds. The molecule has 0 aliphatic carbocycles. The van der Waals surface area contributed by atoms with Crippen LogP contribution >= 0.6 is 15.9 Å². The molecule has 0 spiro atoms. The highest BCUT2D eigenvalue weighted by Crippen LogP contribution is 2.13. The minimum absolute atomic E-state index is 0.334. The van der Waals surface area contributed by atoms with Gasteiger partial charge >= 0.3 is 17.8 Å². The van der Waals surface area contributed by atoms with Gasteiger partial charge in [0.25, 0.3) is 6.08 Å². The van der Waals surface area contributed by atoms with E-state index >= 15 is 0 Å². The summed E-state index contributed by atoms with van der Waals surface area (Å²) in [4.78, 5) is 25.0. The molecule has 0 bridgehead atoms. The molecule has 3 N–H and O–H groups in total. The molecule has 0 radical (unpaired) electrons. The maximum absolute atomic E-state index is 12.5. The first-order valence-corrected chi connectivity index (χ1v) is 7.57. The molecule has 0 aliphatic rings. The number of pyridine rings is 1. The molecule has 8 nitrogen and oxygen atoms in total. The molecule has 2 rings (SSSR count). The van der Waals surface area contributed by atoms with Crippen LogP contribution in [-0.2, 0) is 11.3 Å². The third kappa shape index (κ3) is 6.56. The van der Waals surface area contributed by atoms with Crippen LogP contribution in [0.5, 0.6) is 0 Å². The van der Waals surface area contributed by atoms with Crippen LogP contribution < -0.4 is 11.4 Å². The SMILES string of the molecule is NCC(Cn1ncn(-c2cccc(Br)n2)c1=O)=C(F)F.O=C(O)C(F)(F)F. The van der Waals surface area contributed by atoms with E-state index < -0.39 is 23.9 Å². The van der Waals surface area contributed by atoms with Crippen molar-refractivity contribution in [3.05, 3.63) is 51.3 Å². The number of carboxylic acid groups (broad SMARTS) is 1. The zero-order valence-corrected chi connectivity index (χ0v) is 14.7. The van der Waals surface area contributed by atoms with Crippen molar-refractivity contribution in [1.29, 1.82) is 0 Å². The molecule has 0 atom stereocenters. The Hall–Kier alpha value is -2.61. The summed E-state index contributed by atoms with van der Waals surface area (Å²) in [5.74, 6) is -2.41. The van der Waals surface area contributed by atoms with Crippen LogP contribution in [0, 0.1) is 0 Å². The normalized spacial score (nSPS) is 10.8. The van der Waals surface area contributed by atoms with Gasteiger partial charge in [0.05, 0.1) is 6.54 Å². The summed E-state index contributed by atoms with van der Waals surface area (Å²) < 4.78 is 59.4. The molecule has 0 saturated heterocycles. The van der Waals surface area contributed by atoms with Gasteiger partial charge in [-0.1, -0.05) is 6.07 Å². The zero-order chi connectivity index (χ0) is 20.8. The Balaban J connectivity index is 0.000000445. The van der Waals surface area contributed by atoms with Gasteiger partial charge in [-0.2, -0.15) is 27.1 Å².